The number of nitrogens with zero attached hydrogens (tertiary/aromatic N) is 1. The van der Waals surface area contributed by atoms with Crippen LogP contribution in [0.4, 0.5) is 5.69 Å². The normalized spacial score (nSPS) is 12.2. The van der Waals surface area contributed by atoms with Crippen LogP contribution in [0.15, 0.2) is 24.3 Å². The van der Waals surface area contributed by atoms with Crippen molar-refractivity contribution in [3.05, 3.63) is 29.8 Å². The first kappa shape index (κ1) is 11.6. The molecule has 0 spiro atoms. The summed E-state index contributed by atoms with van der Waals surface area (Å²) >= 11 is 0. The minimum atomic E-state index is 0.443. The maximum Gasteiger partial charge on any atom is 0.0992 e. The number of hydrogen-bond donors (Lipinski definition) is 1. The number of nitrogens with one attached hydrogen (secondary N) is 1. The molecule has 0 heterocycles. The van der Waals surface area contributed by atoms with Gasteiger partial charge in [0.25, 0.3) is 0 Å². The summed E-state index contributed by atoms with van der Waals surface area (Å²) < 4.78 is 0. The summed E-state index contributed by atoms with van der Waals surface area (Å²) in [5.41, 5.74) is 1.74. The Bertz CT molecular complexity index is 350. The smallest absolute Gasteiger partial charge is 0.0992 e. The van der Waals surface area contributed by atoms with E-state index in [1.54, 1.807) is 0 Å². The maximum absolute atomic E-state index is 8.76. The van der Waals surface area contributed by atoms with Gasteiger partial charge in [0.1, 0.15) is 0 Å². The average molecular weight is 202 g/mol. The van der Waals surface area contributed by atoms with Gasteiger partial charge in [-0.2, -0.15) is 5.26 Å². The van der Waals surface area contributed by atoms with Crippen molar-refractivity contribution in [1.82, 2.24) is 0 Å². The Kier molecular flexibility index (Phi) is 4.17. The third-order valence-electron chi connectivity index (χ3n) is 2.23. The van der Waals surface area contributed by atoms with Crippen LogP contribution in [0.2, 0.25) is 0 Å². The molecule has 0 bridgehead atoms. The van der Waals surface area contributed by atoms with E-state index in [1.165, 1.54) is 0 Å². The van der Waals surface area contributed by atoms with Gasteiger partial charge < -0.3 is 5.32 Å². The van der Waals surface area contributed by atoms with E-state index in [1.807, 2.05) is 24.3 Å². The van der Waals surface area contributed by atoms with Crippen LogP contribution in [0, 0.1) is 17.2 Å². The summed E-state index contributed by atoms with van der Waals surface area (Å²) in [5, 5.41) is 12.2. The second-order valence-electron chi connectivity index (χ2n) is 4.37. The highest BCUT2D eigenvalue weighted by atomic mass is 14.9. The van der Waals surface area contributed by atoms with E-state index in [2.05, 4.69) is 32.2 Å². The van der Waals surface area contributed by atoms with Gasteiger partial charge in [0.05, 0.1) is 11.6 Å². The largest absolute Gasteiger partial charge is 0.383 e. The van der Waals surface area contributed by atoms with E-state index >= 15 is 0 Å². The lowest BCUT2D eigenvalue weighted by Crippen LogP contribution is -2.17. The molecule has 2 heteroatoms. The monoisotopic (exact) mass is 202 g/mol. The Morgan fingerprint density at radius 3 is 2.67 bits per heavy atom. The number of hydrogen-bond acceptors (Lipinski definition) is 2. The topological polar surface area (TPSA) is 35.8 Å². The fourth-order valence-corrected chi connectivity index (χ4v) is 1.73. The van der Waals surface area contributed by atoms with Crippen LogP contribution in [-0.2, 0) is 0 Å². The summed E-state index contributed by atoms with van der Waals surface area (Å²) in [6.45, 7) is 6.59. The van der Waals surface area contributed by atoms with Gasteiger partial charge in [-0.15, -0.1) is 0 Å². The molecule has 0 radical (unpaired) electrons. The molecule has 0 fully saturated rings. The Morgan fingerprint density at radius 2 is 2.07 bits per heavy atom. The summed E-state index contributed by atoms with van der Waals surface area (Å²) in [4.78, 5) is 0. The molecule has 0 aliphatic rings. The first-order valence-corrected chi connectivity index (χ1v) is 5.38. The van der Waals surface area contributed by atoms with Crippen LogP contribution in [0.3, 0.4) is 0 Å². The molecule has 0 aliphatic carbocycles. The van der Waals surface area contributed by atoms with Crippen molar-refractivity contribution in [3.63, 3.8) is 0 Å². The number of benzene rings is 1. The van der Waals surface area contributed by atoms with Gasteiger partial charge in [-0.05, 0) is 37.5 Å². The van der Waals surface area contributed by atoms with Crippen molar-refractivity contribution >= 4 is 5.69 Å². The van der Waals surface area contributed by atoms with Crippen molar-refractivity contribution in [1.29, 1.82) is 5.26 Å². The third kappa shape index (κ3) is 4.03. The maximum atomic E-state index is 8.76. The fourth-order valence-electron chi connectivity index (χ4n) is 1.73. The van der Waals surface area contributed by atoms with Gasteiger partial charge in [-0.1, -0.05) is 19.9 Å². The number of anilines is 1. The Balaban J connectivity index is 2.60. The highest BCUT2D eigenvalue weighted by Crippen LogP contribution is 2.14. The van der Waals surface area contributed by atoms with Crippen molar-refractivity contribution < 1.29 is 0 Å². The zero-order valence-electron chi connectivity index (χ0n) is 9.62. The summed E-state index contributed by atoms with van der Waals surface area (Å²) in [7, 11) is 0. The molecule has 2 nitrogen and oxygen atoms in total. The fraction of sp³-hybridized carbons (Fsp3) is 0.462. The van der Waals surface area contributed by atoms with E-state index in [4.69, 9.17) is 5.26 Å². The molecule has 0 aromatic heterocycles. The average Bonchev–Trinajstić information content (AvgIpc) is 2.16. The summed E-state index contributed by atoms with van der Waals surface area (Å²) in [6.07, 6.45) is 1.14. The van der Waals surface area contributed by atoms with E-state index in [-0.39, 0.29) is 0 Å². The summed E-state index contributed by atoms with van der Waals surface area (Å²) in [6, 6.07) is 10.2. The van der Waals surface area contributed by atoms with Crippen LogP contribution in [0.5, 0.6) is 0 Å². The quantitative estimate of drug-likeness (QED) is 0.812. The Labute approximate surface area is 91.9 Å². The highest BCUT2D eigenvalue weighted by Gasteiger charge is 2.04. The molecule has 0 saturated heterocycles. The second kappa shape index (κ2) is 5.41. The van der Waals surface area contributed by atoms with Crippen molar-refractivity contribution in [3.8, 4) is 6.07 Å². The molecule has 1 atom stereocenters. The van der Waals surface area contributed by atoms with Gasteiger partial charge in [0, 0.05) is 11.7 Å². The molecule has 1 N–H and O–H groups in total. The lowest BCUT2D eigenvalue weighted by Gasteiger charge is -2.17. The molecule has 1 aromatic rings. The molecule has 1 unspecified atom stereocenters. The lowest BCUT2D eigenvalue weighted by atomic mass is 10.0. The molecule has 1 rings (SSSR count). The van der Waals surface area contributed by atoms with Gasteiger partial charge in [-0.25, -0.2) is 0 Å². The minimum Gasteiger partial charge on any atom is -0.383 e. The summed E-state index contributed by atoms with van der Waals surface area (Å²) in [5.74, 6) is 0.687. The van der Waals surface area contributed by atoms with E-state index in [0.717, 1.165) is 12.1 Å². The molecule has 0 saturated carbocycles. The number of nitriles is 1. The van der Waals surface area contributed by atoms with Gasteiger partial charge in [-0.3, -0.25) is 0 Å². The van der Waals surface area contributed by atoms with E-state index < -0.39 is 0 Å². The van der Waals surface area contributed by atoms with Crippen LogP contribution < -0.4 is 5.32 Å². The molecule has 1 aromatic carbocycles. The van der Waals surface area contributed by atoms with Gasteiger partial charge >= 0.3 is 0 Å². The Hall–Kier alpha value is -1.49. The molecule has 0 amide bonds. The van der Waals surface area contributed by atoms with Crippen molar-refractivity contribution in [2.24, 2.45) is 5.92 Å². The van der Waals surface area contributed by atoms with E-state index in [9.17, 15) is 0 Å². The number of rotatable bonds is 4. The minimum absolute atomic E-state index is 0.443. The standard InChI is InChI=1S/C13H18N2/c1-10(2)7-11(3)15-13-6-4-5-12(8-13)9-14/h4-6,8,10-11,15H,7H2,1-3H3. The Morgan fingerprint density at radius 1 is 1.33 bits per heavy atom. The predicted octanol–water partition coefficient (Wildman–Crippen LogP) is 3.40. The molecule has 0 aliphatic heterocycles. The van der Waals surface area contributed by atoms with Crippen molar-refractivity contribution in [2.45, 2.75) is 33.2 Å². The highest BCUT2D eigenvalue weighted by molar-refractivity contribution is 5.49. The zero-order chi connectivity index (χ0) is 11.3. The molecule has 15 heavy (non-hydrogen) atoms. The van der Waals surface area contributed by atoms with Crippen LogP contribution >= 0.6 is 0 Å². The SMILES string of the molecule is CC(C)CC(C)Nc1cccc(C#N)c1. The molecule has 80 valence electrons. The van der Waals surface area contributed by atoms with Gasteiger partial charge in [0.2, 0.25) is 0 Å². The molecular weight excluding hydrogens is 184 g/mol. The lowest BCUT2D eigenvalue weighted by molar-refractivity contribution is 0.540. The van der Waals surface area contributed by atoms with Gasteiger partial charge in [0.15, 0.2) is 0 Å². The third-order valence-corrected chi connectivity index (χ3v) is 2.23. The van der Waals surface area contributed by atoms with Crippen LogP contribution in [-0.4, -0.2) is 6.04 Å². The molecular formula is C13H18N2. The van der Waals surface area contributed by atoms with Crippen LogP contribution in [0.1, 0.15) is 32.8 Å². The van der Waals surface area contributed by atoms with Crippen molar-refractivity contribution in [2.75, 3.05) is 5.32 Å². The van der Waals surface area contributed by atoms with E-state index in [0.29, 0.717) is 17.5 Å². The van der Waals surface area contributed by atoms with Crippen LogP contribution in [0.25, 0.3) is 0 Å². The predicted molar refractivity (Wildman–Crippen MR) is 63.7 cm³/mol. The first-order chi connectivity index (χ1) is 7.11. The second-order valence-corrected chi connectivity index (χ2v) is 4.37. The first-order valence-electron chi connectivity index (χ1n) is 5.38. The zero-order valence-corrected chi connectivity index (χ0v) is 9.62.